The van der Waals surface area contributed by atoms with Crippen LogP contribution in [0.1, 0.15) is 23.3 Å². The van der Waals surface area contributed by atoms with Crippen LogP contribution < -0.4 is 10.3 Å². The average Bonchev–Trinajstić information content (AvgIpc) is 3.10. The Balaban J connectivity index is 1.55. The summed E-state index contributed by atoms with van der Waals surface area (Å²) in [6.07, 6.45) is 4.34. The summed E-state index contributed by atoms with van der Waals surface area (Å²) in [6, 6.07) is 5.15. The molecule has 5 nitrogen and oxygen atoms in total. The zero-order valence-electron chi connectivity index (χ0n) is 16.6. The number of halogens is 2. The zero-order valence-corrected chi connectivity index (χ0v) is 19.7. The van der Waals surface area contributed by atoms with E-state index in [1.54, 1.807) is 41.2 Å². The number of methoxy groups -OCH3 is 1. The van der Waals surface area contributed by atoms with E-state index in [1.165, 1.54) is 28.6 Å². The number of hydrogen-bond acceptors (Lipinski definition) is 6. The van der Waals surface area contributed by atoms with Gasteiger partial charge in [0.1, 0.15) is 10.6 Å². The highest BCUT2D eigenvalue weighted by atomic mass is 35.5. The first kappa shape index (κ1) is 22.0. The fourth-order valence-electron chi connectivity index (χ4n) is 3.59. The maximum Gasteiger partial charge on any atom is 0.263 e. The van der Waals surface area contributed by atoms with E-state index >= 15 is 0 Å². The lowest BCUT2D eigenvalue weighted by Crippen LogP contribution is -2.25. The van der Waals surface area contributed by atoms with Crippen molar-refractivity contribution >= 4 is 56.5 Å². The van der Waals surface area contributed by atoms with Gasteiger partial charge in [0.2, 0.25) is 0 Å². The van der Waals surface area contributed by atoms with E-state index < -0.39 is 0 Å². The number of thioether (sulfide) groups is 1. The van der Waals surface area contributed by atoms with Crippen LogP contribution in [0.25, 0.3) is 10.2 Å². The molecule has 0 N–H and O–H groups in total. The maximum atomic E-state index is 13.3. The summed E-state index contributed by atoms with van der Waals surface area (Å²) in [5.41, 5.74) is 1.25. The molecule has 0 fully saturated rings. The molecule has 0 saturated heterocycles. The largest absolute Gasteiger partial charge is 0.491 e. The first-order valence-electron chi connectivity index (χ1n) is 9.83. The van der Waals surface area contributed by atoms with Crippen LogP contribution in [0.4, 0.5) is 0 Å². The van der Waals surface area contributed by atoms with Crippen molar-refractivity contribution in [3.63, 3.8) is 0 Å². The predicted octanol–water partition coefficient (Wildman–Crippen LogP) is 5.46. The molecule has 0 bridgehead atoms. The Bertz CT molecular complexity index is 1110. The minimum atomic E-state index is 0.0422. The van der Waals surface area contributed by atoms with Crippen LogP contribution in [0.15, 0.2) is 28.2 Å². The predicted molar refractivity (Wildman–Crippen MR) is 125 cm³/mol. The van der Waals surface area contributed by atoms with Gasteiger partial charge in [0.15, 0.2) is 5.16 Å². The molecule has 30 heavy (non-hydrogen) atoms. The molecular weight excluding hydrogens is 463 g/mol. The van der Waals surface area contributed by atoms with Crippen molar-refractivity contribution in [2.45, 2.75) is 37.4 Å². The molecule has 9 heteroatoms. The topological polar surface area (TPSA) is 53.4 Å². The van der Waals surface area contributed by atoms with Crippen molar-refractivity contribution in [2.75, 3.05) is 26.1 Å². The van der Waals surface area contributed by atoms with Crippen molar-refractivity contribution in [3.05, 3.63) is 49.0 Å². The van der Waals surface area contributed by atoms with E-state index in [2.05, 4.69) is 0 Å². The van der Waals surface area contributed by atoms with Gasteiger partial charge in [0, 0.05) is 22.8 Å². The monoisotopic (exact) mass is 484 g/mol. The molecule has 160 valence electrons. The number of hydrogen-bond donors (Lipinski definition) is 0. The van der Waals surface area contributed by atoms with Gasteiger partial charge in [-0.15, -0.1) is 11.3 Å². The second kappa shape index (κ2) is 9.92. The number of aryl methyl sites for hydroxylation is 2. The van der Waals surface area contributed by atoms with Gasteiger partial charge in [-0.05, 0) is 49.4 Å². The summed E-state index contributed by atoms with van der Waals surface area (Å²) < 4.78 is 12.7. The average molecular weight is 485 g/mol. The number of benzene rings is 1. The van der Waals surface area contributed by atoms with Crippen LogP contribution in [0.3, 0.4) is 0 Å². The molecule has 0 spiro atoms. The zero-order chi connectivity index (χ0) is 21.1. The van der Waals surface area contributed by atoms with E-state index in [-0.39, 0.29) is 5.56 Å². The van der Waals surface area contributed by atoms with Gasteiger partial charge in [-0.2, -0.15) is 0 Å². The Morgan fingerprint density at radius 2 is 2.07 bits per heavy atom. The number of nitrogens with zero attached hydrogens (tertiary/aromatic N) is 2. The Morgan fingerprint density at radius 3 is 2.87 bits per heavy atom. The third-order valence-corrected chi connectivity index (χ3v) is 7.68. The number of fused-ring (bicyclic) bond motifs is 3. The highest BCUT2D eigenvalue weighted by Crippen LogP contribution is 2.35. The molecule has 0 amide bonds. The van der Waals surface area contributed by atoms with E-state index in [4.69, 9.17) is 37.7 Å². The van der Waals surface area contributed by atoms with Gasteiger partial charge in [0.05, 0.1) is 30.2 Å². The molecule has 3 aromatic rings. The number of ether oxygens (including phenoxy) is 2. The summed E-state index contributed by atoms with van der Waals surface area (Å²) in [7, 11) is 1.64. The highest BCUT2D eigenvalue weighted by molar-refractivity contribution is 7.99. The Hall–Kier alpha value is -1.25. The van der Waals surface area contributed by atoms with Crippen LogP contribution in [0, 0.1) is 0 Å². The van der Waals surface area contributed by atoms with Gasteiger partial charge in [0.25, 0.3) is 5.56 Å². The lowest BCUT2D eigenvalue weighted by molar-refractivity contribution is 0.183. The molecule has 1 aliphatic rings. The van der Waals surface area contributed by atoms with Crippen LogP contribution in [-0.4, -0.2) is 35.6 Å². The van der Waals surface area contributed by atoms with Gasteiger partial charge >= 0.3 is 0 Å². The molecule has 0 unspecified atom stereocenters. The lowest BCUT2D eigenvalue weighted by atomic mass is 9.97. The second-order valence-electron chi connectivity index (χ2n) is 7.01. The number of aromatic nitrogens is 2. The molecule has 2 aromatic heterocycles. The van der Waals surface area contributed by atoms with Gasteiger partial charge in [-0.3, -0.25) is 9.36 Å². The standard InChI is InChI=1S/C21H22Cl2N2O3S2/c1-27-9-8-25-20(26)18-14-4-2-3-5-17(14)30-19(18)24-21(25)29-11-10-28-16-7-6-13(22)12-15(16)23/h6-7,12H,2-5,8-11H2,1H3. The van der Waals surface area contributed by atoms with Crippen LogP contribution in [0.5, 0.6) is 5.75 Å². The second-order valence-corrected chi connectivity index (χ2v) is 10.00. The van der Waals surface area contributed by atoms with Crippen molar-refractivity contribution < 1.29 is 9.47 Å². The fraction of sp³-hybridized carbons (Fsp3) is 0.429. The highest BCUT2D eigenvalue weighted by Gasteiger charge is 2.22. The molecular formula is C21H22Cl2N2O3S2. The minimum absolute atomic E-state index is 0.0422. The Kier molecular flexibility index (Phi) is 7.26. The first-order valence-corrected chi connectivity index (χ1v) is 12.4. The quantitative estimate of drug-likeness (QED) is 0.241. The smallest absolute Gasteiger partial charge is 0.263 e. The summed E-state index contributed by atoms with van der Waals surface area (Å²) in [4.78, 5) is 20.3. The van der Waals surface area contributed by atoms with E-state index in [0.29, 0.717) is 46.5 Å². The van der Waals surface area contributed by atoms with Crippen molar-refractivity contribution in [1.82, 2.24) is 9.55 Å². The van der Waals surface area contributed by atoms with E-state index in [0.717, 1.165) is 29.5 Å². The Labute approximate surface area is 193 Å². The van der Waals surface area contributed by atoms with Gasteiger partial charge in [-0.1, -0.05) is 35.0 Å². The molecule has 2 heterocycles. The third-order valence-electron chi connectivity index (χ3n) is 5.02. The molecule has 0 aliphatic heterocycles. The SMILES string of the molecule is COCCn1c(SCCOc2ccc(Cl)cc2Cl)nc2sc3c(c2c1=O)CCCC3. The molecule has 0 radical (unpaired) electrons. The molecule has 1 aliphatic carbocycles. The summed E-state index contributed by atoms with van der Waals surface area (Å²) >= 11 is 15.3. The van der Waals surface area contributed by atoms with Crippen LogP contribution in [-0.2, 0) is 24.1 Å². The molecule has 0 atom stereocenters. The summed E-state index contributed by atoms with van der Waals surface area (Å²) in [5, 5.41) is 2.56. The number of thiophene rings is 1. The molecule has 1 aromatic carbocycles. The van der Waals surface area contributed by atoms with E-state index in [1.807, 2.05) is 0 Å². The summed E-state index contributed by atoms with van der Waals surface area (Å²) in [6.45, 7) is 1.38. The fourth-order valence-corrected chi connectivity index (χ4v) is 6.19. The van der Waals surface area contributed by atoms with Gasteiger partial charge < -0.3 is 9.47 Å². The van der Waals surface area contributed by atoms with Crippen LogP contribution in [0.2, 0.25) is 10.0 Å². The Morgan fingerprint density at radius 1 is 1.23 bits per heavy atom. The lowest BCUT2D eigenvalue weighted by Gasteiger charge is -2.13. The minimum Gasteiger partial charge on any atom is -0.491 e. The van der Waals surface area contributed by atoms with Gasteiger partial charge in [-0.25, -0.2) is 4.98 Å². The van der Waals surface area contributed by atoms with Crippen LogP contribution >= 0.6 is 46.3 Å². The van der Waals surface area contributed by atoms with Crippen molar-refractivity contribution in [2.24, 2.45) is 0 Å². The summed E-state index contributed by atoms with van der Waals surface area (Å²) in [5.74, 6) is 1.22. The van der Waals surface area contributed by atoms with E-state index in [9.17, 15) is 4.79 Å². The molecule has 0 saturated carbocycles. The van der Waals surface area contributed by atoms with Crippen molar-refractivity contribution in [1.29, 1.82) is 0 Å². The maximum absolute atomic E-state index is 13.3. The third kappa shape index (κ3) is 4.65. The molecule has 4 rings (SSSR count). The first-order chi connectivity index (χ1) is 14.6. The van der Waals surface area contributed by atoms with Crippen molar-refractivity contribution in [3.8, 4) is 5.75 Å². The normalized spacial score (nSPS) is 13.6. The number of rotatable bonds is 8.